The van der Waals surface area contributed by atoms with Gasteiger partial charge in [-0.2, -0.15) is 0 Å². The highest BCUT2D eigenvalue weighted by Gasteiger charge is 2.18. The molecule has 0 radical (unpaired) electrons. The van der Waals surface area contributed by atoms with E-state index in [1.54, 1.807) is 6.07 Å². The summed E-state index contributed by atoms with van der Waals surface area (Å²) in [5.41, 5.74) is 0.952. The van der Waals surface area contributed by atoms with Crippen LogP contribution in [0.5, 0.6) is 5.75 Å². The van der Waals surface area contributed by atoms with Crippen molar-refractivity contribution in [2.75, 3.05) is 0 Å². The second kappa shape index (κ2) is 6.78. The average molecular weight is 251 g/mol. The third kappa shape index (κ3) is 4.33. The quantitative estimate of drug-likeness (QED) is 0.755. The zero-order valence-electron chi connectivity index (χ0n) is 11.5. The number of nitrogens with zero attached hydrogens (tertiary/aromatic N) is 1. The number of hydrogen-bond donors (Lipinski definition) is 2. The van der Waals surface area contributed by atoms with Gasteiger partial charge in [-0.3, -0.25) is 4.90 Å². The first-order valence-corrected chi connectivity index (χ1v) is 6.28. The molecule has 0 saturated heterocycles. The second-order valence-electron chi connectivity index (χ2n) is 4.91. The molecule has 0 aliphatic rings. The van der Waals surface area contributed by atoms with Crippen LogP contribution in [0.4, 0.5) is 0 Å². The van der Waals surface area contributed by atoms with Crippen molar-refractivity contribution in [2.24, 2.45) is 0 Å². The first kappa shape index (κ1) is 15.0. The third-order valence-electron chi connectivity index (χ3n) is 2.88. The molecule has 0 unspecified atom stereocenters. The van der Waals surface area contributed by atoms with E-state index in [1.165, 1.54) is 0 Å². The molecule has 0 aliphatic heterocycles. The van der Waals surface area contributed by atoms with Crippen molar-refractivity contribution in [2.45, 2.75) is 46.3 Å². The van der Waals surface area contributed by atoms with Crippen molar-refractivity contribution in [1.29, 1.82) is 0 Å². The fourth-order valence-corrected chi connectivity index (χ4v) is 2.02. The van der Waals surface area contributed by atoms with Gasteiger partial charge in [-0.1, -0.05) is 18.2 Å². The summed E-state index contributed by atoms with van der Waals surface area (Å²) in [5.74, 6) is 0.513. The molecule has 0 bridgehead atoms. The van der Waals surface area contributed by atoms with Crippen LogP contribution in [0.15, 0.2) is 24.3 Å². The van der Waals surface area contributed by atoms with E-state index >= 15 is 0 Å². The van der Waals surface area contributed by atoms with Gasteiger partial charge in [-0.15, -0.1) is 0 Å². The Balaban J connectivity index is 2.88. The lowest BCUT2D eigenvalue weighted by Crippen LogP contribution is -2.36. The molecule has 1 aromatic carbocycles. The Bertz CT molecular complexity index is 361. The van der Waals surface area contributed by atoms with Gasteiger partial charge >= 0.3 is 7.32 Å². The molecule has 2 N–H and O–H groups in total. The molecule has 5 heteroatoms. The van der Waals surface area contributed by atoms with Crippen LogP contribution in [0.3, 0.4) is 0 Å². The fourth-order valence-electron chi connectivity index (χ4n) is 2.02. The van der Waals surface area contributed by atoms with E-state index in [9.17, 15) is 0 Å². The van der Waals surface area contributed by atoms with Crippen molar-refractivity contribution in [3.05, 3.63) is 29.8 Å². The van der Waals surface area contributed by atoms with Gasteiger partial charge in [0, 0.05) is 24.2 Å². The van der Waals surface area contributed by atoms with Crippen molar-refractivity contribution in [3.63, 3.8) is 0 Å². The Hall–Kier alpha value is -1.04. The predicted molar refractivity (Wildman–Crippen MR) is 73.1 cm³/mol. The number of rotatable bonds is 6. The van der Waals surface area contributed by atoms with Gasteiger partial charge in [0.15, 0.2) is 0 Å². The maximum Gasteiger partial charge on any atom is 0.707 e. The smallest absolute Gasteiger partial charge is 0.512 e. The number of hydrogen-bond acceptors (Lipinski definition) is 4. The molecule has 0 saturated carbocycles. The highest BCUT2D eigenvalue weighted by molar-refractivity contribution is 6.33. The van der Waals surface area contributed by atoms with E-state index in [0.717, 1.165) is 12.1 Å². The lowest BCUT2D eigenvalue weighted by Gasteiger charge is -2.31. The first-order valence-electron chi connectivity index (χ1n) is 6.28. The molecule has 1 rings (SSSR count). The minimum atomic E-state index is -1.78. The minimum Gasteiger partial charge on any atom is -0.512 e. The molecular formula is C13H22BNO3. The van der Waals surface area contributed by atoms with Gasteiger partial charge in [0.2, 0.25) is 0 Å². The lowest BCUT2D eigenvalue weighted by atomic mass is 10.1. The van der Waals surface area contributed by atoms with Crippen molar-refractivity contribution in [3.8, 4) is 5.75 Å². The van der Waals surface area contributed by atoms with E-state index in [1.807, 2.05) is 18.2 Å². The van der Waals surface area contributed by atoms with Crippen LogP contribution < -0.4 is 4.65 Å². The fraction of sp³-hybridized carbons (Fsp3) is 0.538. The van der Waals surface area contributed by atoms with Gasteiger partial charge in [-0.25, -0.2) is 0 Å². The van der Waals surface area contributed by atoms with E-state index in [-0.39, 0.29) is 0 Å². The highest BCUT2D eigenvalue weighted by atomic mass is 16.6. The molecule has 18 heavy (non-hydrogen) atoms. The molecule has 0 aliphatic carbocycles. The van der Waals surface area contributed by atoms with E-state index in [0.29, 0.717) is 17.8 Å². The molecular weight excluding hydrogens is 229 g/mol. The number of para-hydroxylation sites is 1. The summed E-state index contributed by atoms with van der Waals surface area (Å²) in [7, 11) is -1.78. The Morgan fingerprint density at radius 3 is 2.17 bits per heavy atom. The standard InChI is InChI=1S/C13H22BNO3/c1-10(2)15(11(3)4)9-12-7-5-6-8-13(12)18-14(16)17/h5-8,10-11,16-17H,9H2,1-4H3. The van der Waals surface area contributed by atoms with Crippen molar-refractivity contribution < 1.29 is 14.7 Å². The molecule has 4 nitrogen and oxygen atoms in total. The summed E-state index contributed by atoms with van der Waals surface area (Å²) in [6.45, 7) is 9.29. The Morgan fingerprint density at radius 1 is 1.11 bits per heavy atom. The Kier molecular flexibility index (Phi) is 5.66. The van der Waals surface area contributed by atoms with Crippen LogP contribution in [0.2, 0.25) is 0 Å². The van der Waals surface area contributed by atoms with Gasteiger partial charge in [0.05, 0.1) is 0 Å². The van der Waals surface area contributed by atoms with Crippen molar-refractivity contribution >= 4 is 7.32 Å². The molecule has 0 spiro atoms. The van der Waals surface area contributed by atoms with E-state index in [2.05, 4.69) is 32.6 Å². The monoisotopic (exact) mass is 251 g/mol. The predicted octanol–water partition coefficient (Wildman–Crippen LogP) is 1.65. The van der Waals surface area contributed by atoms with Crippen LogP contribution in [0.25, 0.3) is 0 Å². The molecule has 0 aromatic heterocycles. The highest BCUT2D eigenvalue weighted by Crippen LogP contribution is 2.22. The molecule has 0 amide bonds. The zero-order chi connectivity index (χ0) is 13.7. The Labute approximate surface area is 109 Å². The lowest BCUT2D eigenvalue weighted by molar-refractivity contribution is 0.164. The molecule has 0 atom stereocenters. The molecule has 1 aromatic rings. The first-order chi connectivity index (χ1) is 8.41. The van der Waals surface area contributed by atoms with Crippen LogP contribution in [0.1, 0.15) is 33.3 Å². The summed E-state index contributed by atoms with van der Waals surface area (Å²) in [4.78, 5) is 2.31. The maximum absolute atomic E-state index is 8.90. The molecule has 0 heterocycles. The topological polar surface area (TPSA) is 52.9 Å². The summed E-state index contributed by atoms with van der Waals surface area (Å²) in [6, 6.07) is 8.25. The second-order valence-corrected chi connectivity index (χ2v) is 4.91. The minimum absolute atomic E-state index is 0.414. The summed E-state index contributed by atoms with van der Waals surface area (Å²) >= 11 is 0. The van der Waals surface area contributed by atoms with Crippen LogP contribution >= 0.6 is 0 Å². The number of benzene rings is 1. The van der Waals surface area contributed by atoms with Crippen LogP contribution in [0, 0.1) is 0 Å². The summed E-state index contributed by atoms with van der Waals surface area (Å²) < 4.78 is 4.99. The molecule has 100 valence electrons. The molecule has 0 fully saturated rings. The normalized spacial score (nSPS) is 11.4. The summed E-state index contributed by atoms with van der Waals surface area (Å²) in [6.07, 6.45) is 0. The summed E-state index contributed by atoms with van der Waals surface area (Å²) in [5, 5.41) is 17.8. The van der Waals surface area contributed by atoms with Gasteiger partial charge in [-0.05, 0) is 33.8 Å². The van der Waals surface area contributed by atoms with Crippen molar-refractivity contribution in [1.82, 2.24) is 4.90 Å². The van der Waals surface area contributed by atoms with Crippen LogP contribution in [-0.4, -0.2) is 34.4 Å². The maximum atomic E-state index is 8.90. The average Bonchev–Trinajstić information content (AvgIpc) is 2.26. The van der Waals surface area contributed by atoms with E-state index in [4.69, 9.17) is 14.7 Å². The zero-order valence-corrected chi connectivity index (χ0v) is 11.5. The van der Waals surface area contributed by atoms with Gasteiger partial charge in [0.1, 0.15) is 5.75 Å². The van der Waals surface area contributed by atoms with Gasteiger partial charge < -0.3 is 14.7 Å². The van der Waals surface area contributed by atoms with Crippen LogP contribution in [-0.2, 0) is 6.54 Å². The third-order valence-corrected chi connectivity index (χ3v) is 2.88. The van der Waals surface area contributed by atoms with Gasteiger partial charge in [0.25, 0.3) is 0 Å². The SMILES string of the molecule is CC(C)N(Cc1ccccc1OB(O)O)C(C)C. The van der Waals surface area contributed by atoms with E-state index < -0.39 is 7.32 Å². The Morgan fingerprint density at radius 2 is 1.67 bits per heavy atom. The largest absolute Gasteiger partial charge is 0.707 e.